The van der Waals surface area contributed by atoms with E-state index in [9.17, 15) is 31.2 Å². The van der Waals surface area contributed by atoms with E-state index < -0.39 is 54.7 Å². The summed E-state index contributed by atoms with van der Waals surface area (Å²) < 4.78 is 69.3. The lowest BCUT2D eigenvalue weighted by molar-refractivity contribution is -0.138. The maximum atomic E-state index is 13.2. The first-order chi connectivity index (χ1) is 13.5. The molecule has 1 heterocycles. The van der Waals surface area contributed by atoms with Gasteiger partial charge in [-0.25, -0.2) is 18.1 Å². The number of carbonyl (C=O) groups excluding carboxylic acids is 2. The van der Waals surface area contributed by atoms with Gasteiger partial charge in [-0.05, 0) is 65.2 Å². The maximum absolute atomic E-state index is 13.2. The fraction of sp³-hybridized carbons (Fsp3) is 0.600. The number of halogens is 3. The molecule has 1 aromatic rings. The van der Waals surface area contributed by atoms with Crippen molar-refractivity contribution in [3.05, 3.63) is 29.8 Å². The van der Waals surface area contributed by atoms with E-state index in [0.717, 1.165) is 23.1 Å². The number of piperidine rings is 1. The van der Waals surface area contributed by atoms with E-state index in [1.807, 2.05) is 0 Å². The number of hydrogen-bond donors (Lipinski definition) is 0. The summed E-state index contributed by atoms with van der Waals surface area (Å²) in [6, 6.07) is 3.57. The number of amides is 2. The quantitative estimate of drug-likeness (QED) is 0.682. The second-order valence-corrected chi connectivity index (χ2v) is 11.4. The summed E-state index contributed by atoms with van der Waals surface area (Å²) in [6.07, 6.45) is -5.43. The van der Waals surface area contributed by atoms with Crippen LogP contribution in [0.3, 0.4) is 0 Å². The minimum absolute atomic E-state index is 0.0640. The van der Waals surface area contributed by atoms with E-state index in [2.05, 4.69) is 0 Å². The zero-order valence-electron chi connectivity index (χ0n) is 17.5. The molecule has 0 bridgehead atoms. The lowest BCUT2D eigenvalue weighted by Crippen LogP contribution is -2.53. The van der Waals surface area contributed by atoms with Crippen LogP contribution < -0.4 is 0 Å². The first-order valence-corrected chi connectivity index (χ1v) is 10.9. The fourth-order valence-corrected chi connectivity index (χ4v) is 5.05. The Bertz CT molecular complexity index is 932. The summed E-state index contributed by atoms with van der Waals surface area (Å²) >= 11 is 0. The van der Waals surface area contributed by atoms with Gasteiger partial charge >= 0.3 is 12.3 Å². The number of rotatable bonds is 3. The highest BCUT2D eigenvalue weighted by Gasteiger charge is 2.47. The van der Waals surface area contributed by atoms with Gasteiger partial charge in [0, 0.05) is 13.0 Å². The van der Waals surface area contributed by atoms with E-state index in [0.29, 0.717) is 6.07 Å². The lowest BCUT2D eigenvalue weighted by atomic mass is 9.87. The predicted molar refractivity (Wildman–Crippen MR) is 103 cm³/mol. The van der Waals surface area contributed by atoms with Gasteiger partial charge in [-0.1, -0.05) is 6.07 Å². The Hall–Kier alpha value is -2.10. The Balaban J connectivity index is 2.35. The molecule has 10 heteroatoms. The highest BCUT2D eigenvalue weighted by atomic mass is 32.2. The van der Waals surface area contributed by atoms with Gasteiger partial charge in [0.1, 0.15) is 5.60 Å². The zero-order valence-corrected chi connectivity index (χ0v) is 18.4. The van der Waals surface area contributed by atoms with Crippen LogP contribution >= 0.6 is 0 Å². The molecule has 1 aliphatic heterocycles. The number of ether oxygens (including phenoxy) is 1. The second kappa shape index (κ2) is 7.86. The van der Waals surface area contributed by atoms with Gasteiger partial charge in [0.2, 0.25) is 5.91 Å². The first kappa shape index (κ1) is 24.2. The van der Waals surface area contributed by atoms with Crippen molar-refractivity contribution >= 4 is 21.8 Å². The van der Waals surface area contributed by atoms with Gasteiger partial charge in [-0.3, -0.25) is 4.79 Å². The highest BCUT2D eigenvalue weighted by Crippen LogP contribution is 2.39. The standard InChI is InChI=1S/C20H26F3NO5S/c1-18(2,3)29-17(26)24-12-14(9-10-16(24)25)19(4,5)30(27,28)15-8-6-7-13(11-15)20(21,22)23/h6-8,11,14H,9-10,12H2,1-5H3. The highest BCUT2D eigenvalue weighted by molar-refractivity contribution is 7.92. The average Bonchev–Trinajstić information content (AvgIpc) is 2.59. The van der Waals surface area contributed by atoms with Crippen LogP contribution in [-0.2, 0) is 25.5 Å². The van der Waals surface area contributed by atoms with E-state index in [1.165, 1.54) is 13.8 Å². The van der Waals surface area contributed by atoms with Crippen molar-refractivity contribution < 1.29 is 35.9 Å². The van der Waals surface area contributed by atoms with Crippen molar-refractivity contribution in [3.8, 4) is 0 Å². The number of alkyl halides is 3. The normalized spacial score (nSPS) is 19.0. The van der Waals surface area contributed by atoms with Gasteiger partial charge in [0.05, 0.1) is 15.2 Å². The van der Waals surface area contributed by atoms with Crippen LogP contribution in [0.5, 0.6) is 0 Å². The Morgan fingerprint density at radius 1 is 1.13 bits per heavy atom. The molecule has 168 valence electrons. The van der Waals surface area contributed by atoms with Gasteiger partial charge in [0.25, 0.3) is 0 Å². The van der Waals surface area contributed by atoms with Crippen LogP contribution in [0, 0.1) is 5.92 Å². The van der Waals surface area contributed by atoms with Crippen molar-refractivity contribution in [3.63, 3.8) is 0 Å². The third-order valence-corrected chi connectivity index (χ3v) is 7.77. The van der Waals surface area contributed by atoms with Gasteiger partial charge < -0.3 is 4.74 Å². The Morgan fingerprint density at radius 2 is 1.73 bits per heavy atom. The minimum Gasteiger partial charge on any atom is -0.443 e. The molecule has 0 saturated carbocycles. The monoisotopic (exact) mass is 449 g/mol. The molecule has 2 rings (SSSR count). The molecule has 0 aliphatic carbocycles. The van der Waals surface area contributed by atoms with Gasteiger partial charge in [-0.2, -0.15) is 13.2 Å². The molecule has 6 nitrogen and oxygen atoms in total. The lowest BCUT2D eigenvalue weighted by Gasteiger charge is -2.40. The largest absolute Gasteiger partial charge is 0.443 e. The molecular weight excluding hydrogens is 423 g/mol. The summed E-state index contributed by atoms with van der Waals surface area (Å²) in [5.74, 6) is -1.16. The van der Waals surface area contributed by atoms with Crippen molar-refractivity contribution in [2.24, 2.45) is 5.92 Å². The Morgan fingerprint density at radius 3 is 2.27 bits per heavy atom. The second-order valence-electron chi connectivity index (χ2n) is 8.85. The smallest absolute Gasteiger partial charge is 0.417 e. The third kappa shape index (κ3) is 4.96. The van der Waals surface area contributed by atoms with Gasteiger partial charge in [0.15, 0.2) is 9.84 Å². The molecule has 2 amide bonds. The van der Waals surface area contributed by atoms with Crippen LogP contribution in [0.2, 0.25) is 0 Å². The summed E-state index contributed by atoms with van der Waals surface area (Å²) in [7, 11) is -4.21. The number of carbonyl (C=O) groups is 2. The van der Waals surface area contributed by atoms with Crippen LogP contribution in [0.1, 0.15) is 53.0 Å². The van der Waals surface area contributed by atoms with Crippen molar-refractivity contribution in [1.82, 2.24) is 4.90 Å². The molecule has 0 aromatic heterocycles. The number of nitrogens with zero attached hydrogens (tertiary/aromatic N) is 1. The summed E-state index contributed by atoms with van der Waals surface area (Å²) in [5, 5.41) is 0. The molecule has 1 atom stereocenters. The van der Waals surface area contributed by atoms with Crippen LogP contribution in [0.15, 0.2) is 29.2 Å². The van der Waals surface area contributed by atoms with Crippen LogP contribution in [-0.4, -0.2) is 42.2 Å². The molecule has 1 aromatic carbocycles. The number of benzene rings is 1. The van der Waals surface area contributed by atoms with Crippen molar-refractivity contribution in [1.29, 1.82) is 0 Å². The van der Waals surface area contributed by atoms with E-state index >= 15 is 0 Å². The zero-order chi connectivity index (χ0) is 23.1. The van der Waals surface area contributed by atoms with E-state index in [1.54, 1.807) is 20.8 Å². The molecular formula is C20H26F3NO5S. The Kier molecular flexibility index (Phi) is 6.34. The number of hydrogen-bond acceptors (Lipinski definition) is 5. The minimum atomic E-state index is -4.68. The molecule has 0 radical (unpaired) electrons. The van der Waals surface area contributed by atoms with E-state index in [-0.39, 0.29) is 19.4 Å². The molecule has 1 saturated heterocycles. The Labute approximate surface area is 174 Å². The SMILES string of the molecule is CC(C)(C)OC(=O)N1CC(C(C)(C)S(=O)(=O)c2cccc(C(F)(F)F)c2)CCC1=O. The van der Waals surface area contributed by atoms with Crippen LogP contribution in [0.4, 0.5) is 18.0 Å². The molecule has 0 N–H and O–H groups in total. The van der Waals surface area contributed by atoms with E-state index in [4.69, 9.17) is 4.74 Å². The van der Waals surface area contributed by atoms with Crippen LogP contribution in [0.25, 0.3) is 0 Å². The fourth-order valence-electron chi connectivity index (χ4n) is 3.27. The summed E-state index contributed by atoms with van der Waals surface area (Å²) in [4.78, 5) is 25.0. The summed E-state index contributed by atoms with van der Waals surface area (Å²) in [5.41, 5.74) is -1.90. The van der Waals surface area contributed by atoms with Gasteiger partial charge in [-0.15, -0.1) is 0 Å². The summed E-state index contributed by atoms with van der Waals surface area (Å²) in [6.45, 7) is 7.52. The van der Waals surface area contributed by atoms with Crippen molar-refractivity contribution in [2.75, 3.05) is 6.54 Å². The third-order valence-electron chi connectivity index (χ3n) is 5.17. The molecule has 30 heavy (non-hydrogen) atoms. The van der Waals surface area contributed by atoms with Crippen molar-refractivity contribution in [2.45, 2.75) is 68.9 Å². The first-order valence-electron chi connectivity index (χ1n) is 9.42. The average molecular weight is 449 g/mol. The number of sulfone groups is 1. The molecule has 1 unspecified atom stereocenters. The molecule has 1 aliphatic rings. The molecule has 0 spiro atoms. The maximum Gasteiger partial charge on any atom is 0.417 e. The molecule has 1 fully saturated rings. The predicted octanol–water partition coefficient (Wildman–Crippen LogP) is 4.43. The number of likely N-dealkylation sites (tertiary alicyclic amines) is 1. The number of imide groups is 1. The topological polar surface area (TPSA) is 80.8 Å².